The van der Waals surface area contributed by atoms with Gasteiger partial charge < -0.3 is 19.7 Å². The predicted octanol–water partition coefficient (Wildman–Crippen LogP) is 3.99. The Hall–Kier alpha value is -3.35. The highest BCUT2D eigenvalue weighted by molar-refractivity contribution is 6.30. The summed E-state index contributed by atoms with van der Waals surface area (Å²) in [4.78, 5) is 17.2. The minimum absolute atomic E-state index is 0.106. The van der Waals surface area contributed by atoms with Crippen LogP contribution in [0.3, 0.4) is 0 Å². The molecule has 164 valence electrons. The molecule has 0 bridgehead atoms. The lowest BCUT2D eigenvalue weighted by molar-refractivity contribution is -0.120. The first-order valence-electron chi connectivity index (χ1n) is 10.4. The summed E-state index contributed by atoms with van der Waals surface area (Å²) in [7, 11) is 0. The lowest BCUT2D eigenvalue weighted by Gasteiger charge is -2.16. The standard InChI is InChI=1S/C25H24ClN3O3/c26-19-12-10-18(11-13-19)15-27-25(31)14-24-28-22-8-4-5-9-23(22)29(24)16-20(30)17-32-21-6-2-1-3-7-21/h1-13,20,30H,14-17H2,(H,27,31)/t20-/m1/s1. The molecule has 1 amide bonds. The molecule has 0 spiro atoms. The third-order valence-electron chi connectivity index (χ3n) is 5.03. The predicted molar refractivity (Wildman–Crippen MR) is 125 cm³/mol. The van der Waals surface area contributed by atoms with Crippen LogP contribution in [-0.2, 0) is 24.3 Å². The van der Waals surface area contributed by atoms with E-state index in [2.05, 4.69) is 10.3 Å². The number of para-hydroxylation sites is 3. The van der Waals surface area contributed by atoms with E-state index in [1.54, 1.807) is 12.1 Å². The zero-order valence-corrected chi connectivity index (χ0v) is 18.2. The van der Waals surface area contributed by atoms with E-state index in [1.807, 2.05) is 71.3 Å². The van der Waals surface area contributed by atoms with Crippen LogP contribution in [0.5, 0.6) is 5.75 Å². The molecular weight excluding hydrogens is 426 g/mol. The summed E-state index contributed by atoms with van der Waals surface area (Å²) in [5.74, 6) is 1.15. The first-order chi connectivity index (χ1) is 15.6. The number of hydrogen-bond acceptors (Lipinski definition) is 4. The molecule has 0 aliphatic heterocycles. The van der Waals surface area contributed by atoms with E-state index < -0.39 is 6.10 Å². The van der Waals surface area contributed by atoms with Crippen molar-refractivity contribution in [2.45, 2.75) is 25.6 Å². The van der Waals surface area contributed by atoms with Gasteiger partial charge in [0.2, 0.25) is 5.91 Å². The molecule has 1 atom stereocenters. The number of carbonyl (C=O) groups excluding carboxylic acids is 1. The molecule has 2 N–H and O–H groups in total. The SMILES string of the molecule is O=C(Cc1nc2ccccc2n1C[C@@H](O)COc1ccccc1)NCc1ccc(Cl)cc1. The average Bonchev–Trinajstić information content (AvgIpc) is 3.15. The minimum Gasteiger partial charge on any atom is -0.491 e. The Labute approximate surface area is 191 Å². The number of carbonyl (C=O) groups is 1. The molecule has 4 rings (SSSR count). The van der Waals surface area contributed by atoms with Crippen molar-refractivity contribution in [3.05, 3.63) is 95.3 Å². The molecule has 0 saturated carbocycles. The maximum Gasteiger partial charge on any atom is 0.227 e. The highest BCUT2D eigenvalue weighted by atomic mass is 35.5. The van der Waals surface area contributed by atoms with Crippen molar-refractivity contribution in [2.75, 3.05) is 6.61 Å². The number of aromatic nitrogens is 2. The first kappa shape index (κ1) is 21.9. The Bertz CT molecular complexity index is 1180. The van der Waals surface area contributed by atoms with Gasteiger partial charge in [0.15, 0.2) is 0 Å². The van der Waals surface area contributed by atoms with Gasteiger partial charge in [-0.1, -0.05) is 54.1 Å². The van der Waals surface area contributed by atoms with Crippen LogP contribution in [-0.4, -0.2) is 33.3 Å². The summed E-state index contributed by atoms with van der Waals surface area (Å²) in [6.45, 7) is 0.815. The maximum absolute atomic E-state index is 12.6. The van der Waals surface area contributed by atoms with Crippen molar-refractivity contribution in [3.8, 4) is 5.75 Å². The molecular formula is C25H24ClN3O3. The van der Waals surface area contributed by atoms with Crippen LogP contribution in [0, 0.1) is 0 Å². The van der Waals surface area contributed by atoms with E-state index in [0.717, 1.165) is 16.6 Å². The minimum atomic E-state index is -0.760. The number of halogens is 1. The van der Waals surface area contributed by atoms with Crippen LogP contribution < -0.4 is 10.1 Å². The Kier molecular flexibility index (Phi) is 7.04. The molecule has 7 heteroatoms. The number of benzene rings is 3. The second-order valence-electron chi connectivity index (χ2n) is 7.49. The van der Waals surface area contributed by atoms with Crippen molar-refractivity contribution in [1.82, 2.24) is 14.9 Å². The molecule has 0 aliphatic rings. The lowest BCUT2D eigenvalue weighted by atomic mass is 10.2. The number of fused-ring (bicyclic) bond motifs is 1. The molecule has 32 heavy (non-hydrogen) atoms. The fraction of sp³-hybridized carbons (Fsp3) is 0.200. The van der Waals surface area contributed by atoms with E-state index >= 15 is 0 Å². The highest BCUT2D eigenvalue weighted by Gasteiger charge is 2.17. The van der Waals surface area contributed by atoms with E-state index in [9.17, 15) is 9.90 Å². The van der Waals surface area contributed by atoms with Crippen molar-refractivity contribution in [1.29, 1.82) is 0 Å². The van der Waals surface area contributed by atoms with Crippen LogP contribution >= 0.6 is 11.6 Å². The van der Waals surface area contributed by atoms with Gasteiger partial charge >= 0.3 is 0 Å². The van der Waals surface area contributed by atoms with E-state index in [-0.39, 0.29) is 25.5 Å². The number of nitrogens with zero attached hydrogens (tertiary/aromatic N) is 2. The van der Waals surface area contributed by atoms with Gasteiger partial charge in [0.05, 0.1) is 24.0 Å². The largest absolute Gasteiger partial charge is 0.491 e. The van der Waals surface area contributed by atoms with Gasteiger partial charge in [-0.3, -0.25) is 4.79 Å². The fourth-order valence-electron chi connectivity index (χ4n) is 3.45. The van der Waals surface area contributed by atoms with Crippen LogP contribution in [0.4, 0.5) is 0 Å². The molecule has 4 aromatic rings. The van der Waals surface area contributed by atoms with Crippen LogP contribution in [0.2, 0.25) is 5.02 Å². The second kappa shape index (κ2) is 10.3. The highest BCUT2D eigenvalue weighted by Crippen LogP contribution is 2.18. The summed E-state index contributed by atoms with van der Waals surface area (Å²) >= 11 is 5.91. The molecule has 0 fully saturated rings. The Morgan fingerprint density at radius 2 is 1.75 bits per heavy atom. The molecule has 1 heterocycles. The van der Waals surface area contributed by atoms with Gasteiger partial charge in [0, 0.05) is 11.6 Å². The smallest absolute Gasteiger partial charge is 0.227 e. The van der Waals surface area contributed by atoms with E-state index in [4.69, 9.17) is 16.3 Å². The summed E-state index contributed by atoms with van der Waals surface area (Å²) in [6.07, 6.45) is -0.655. The van der Waals surface area contributed by atoms with Crippen molar-refractivity contribution >= 4 is 28.5 Å². The van der Waals surface area contributed by atoms with Crippen LogP contribution in [0.25, 0.3) is 11.0 Å². The Balaban J connectivity index is 1.43. The summed E-state index contributed by atoms with van der Waals surface area (Å²) in [6, 6.07) is 24.3. The van der Waals surface area contributed by atoms with Crippen molar-refractivity contribution in [3.63, 3.8) is 0 Å². The zero-order chi connectivity index (χ0) is 22.3. The third kappa shape index (κ3) is 5.66. The van der Waals surface area contributed by atoms with E-state index in [1.165, 1.54) is 0 Å². The number of imidazole rings is 1. The molecule has 0 aliphatic carbocycles. The average molecular weight is 450 g/mol. The van der Waals surface area contributed by atoms with Crippen molar-refractivity contribution in [2.24, 2.45) is 0 Å². The molecule has 0 unspecified atom stereocenters. The quantitative estimate of drug-likeness (QED) is 0.405. The number of ether oxygens (including phenoxy) is 1. The maximum atomic E-state index is 12.6. The van der Waals surface area contributed by atoms with Crippen molar-refractivity contribution < 1.29 is 14.6 Å². The fourth-order valence-corrected chi connectivity index (χ4v) is 3.57. The monoisotopic (exact) mass is 449 g/mol. The zero-order valence-electron chi connectivity index (χ0n) is 17.4. The van der Waals surface area contributed by atoms with Gasteiger partial charge in [-0.2, -0.15) is 0 Å². The van der Waals surface area contributed by atoms with Gasteiger partial charge in [-0.15, -0.1) is 0 Å². The Morgan fingerprint density at radius 3 is 2.53 bits per heavy atom. The van der Waals surface area contributed by atoms with Gasteiger partial charge in [-0.25, -0.2) is 4.98 Å². The number of aliphatic hydroxyl groups is 1. The van der Waals surface area contributed by atoms with Crippen LogP contribution in [0.15, 0.2) is 78.9 Å². The van der Waals surface area contributed by atoms with Gasteiger partial charge in [0.1, 0.15) is 24.3 Å². The van der Waals surface area contributed by atoms with Gasteiger partial charge in [-0.05, 0) is 42.0 Å². The number of nitrogens with one attached hydrogen (secondary N) is 1. The first-order valence-corrected chi connectivity index (χ1v) is 10.8. The third-order valence-corrected chi connectivity index (χ3v) is 5.29. The number of amides is 1. The van der Waals surface area contributed by atoms with E-state index in [0.29, 0.717) is 23.1 Å². The normalized spacial score (nSPS) is 11.9. The molecule has 3 aromatic carbocycles. The molecule has 6 nitrogen and oxygen atoms in total. The summed E-state index contributed by atoms with van der Waals surface area (Å²) < 4.78 is 7.56. The lowest BCUT2D eigenvalue weighted by Crippen LogP contribution is -2.28. The molecule has 1 aromatic heterocycles. The van der Waals surface area contributed by atoms with Crippen LogP contribution in [0.1, 0.15) is 11.4 Å². The molecule has 0 saturated heterocycles. The number of rotatable bonds is 9. The number of aliphatic hydroxyl groups excluding tert-OH is 1. The number of hydrogen-bond donors (Lipinski definition) is 2. The van der Waals surface area contributed by atoms with Gasteiger partial charge in [0.25, 0.3) is 0 Å². The summed E-state index contributed by atoms with van der Waals surface area (Å²) in [5.41, 5.74) is 2.61. The topological polar surface area (TPSA) is 76.4 Å². The Morgan fingerprint density at radius 1 is 1.03 bits per heavy atom. The summed E-state index contributed by atoms with van der Waals surface area (Å²) in [5, 5.41) is 14.2. The molecule has 0 radical (unpaired) electrons. The second-order valence-corrected chi connectivity index (χ2v) is 7.92.